The molecule has 0 aromatic heterocycles. The summed E-state index contributed by atoms with van der Waals surface area (Å²) in [6.07, 6.45) is 1.15. The lowest BCUT2D eigenvalue weighted by Gasteiger charge is -2.50. The first kappa shape index (κ1) is 18.2. The maximum Gasteiger partial charge on any atom is 0.324 e. The maximum atomic E-state index is 13.3. The van der Waals surface area contributed by atoms with Crippen LogP contribution in [0.1, 0.15) is 39.2 Å². The number of esters is 1. The van der Waals surface area contributed by atoms with E-state index in [0.717, 1.165) is 23.3 Å². The number of carbonyl (C=O) groups excluding carboxylic acids is 2. The van der Waals surface area contributed by atoms with Crippen LogP contribution in [0.15, 0.2) is 41.6 Å². The average molecular weight is 369 g/mol. The molecule has 144 valence electrons. The van der Waals surface area contributed by atoms with Crippen molar-refractivity contribution in [3.05, 3.63) is 47.2 Å². The molecule has 0 bridgehead atoms. The Morgan fingerprint density at radius 3 is 2.48 bits per heavy atom. The van der Waals surface area contributed by atoms with Gasteiger partial charge in [-0.05, 0) is 17.4 Å². The minimum atomic E-state index is -0.602. The fraction of sp³-hybridized carbons (Fsp3) is 0.524. The Balaban J connectivity index is 1.92. The number of methoxy groups -OCH3 is 1. The highest BCUT2D eigenvalue weighted by Gasteiger charge is 2.59. The van der Waals surface area contributed by atoms with Crippen molar-refractivity contribution in [3.63, 3.8) is 0 Å². The van der Waals surface area contributed by atoms with Gasteiger partial charge in [-0.15, -0.1) is 0 Å². The number of ether oxygens (including phenoxy) is 1. The quantitative estimate of drug-likeness (QED) is 0.690. The molecule has 2 heterocycles. The second-order valence-corrected chi connectivity index (χ2v) is 8.80. The van der Waals surface area contributed by atoms with Gasteiger partial charge < -0.3 is 10.1 Å². The minimum absolute atomic E-state index is 0.0822. The Labute approximate surface area is 159 Å². The summed E-state index contributed by atoms with van der Waals surface area (Å²) in [5.41, 5.74) is 8.47. The summed E-state index contributed by atoms with van der Waals surface area (Å²) >= 11 is 0. The van der Waals surface area contributed by atoms with Crippen LogP contribution in [-0.4, -0.2) is 31.1 Å². The third kappa shape index (κ3) is 2.70. The molecule has 6 nitrogen and oxygen atoms in total. The predicted octanol–water partition coefficient (Wildman–Crippen LogP) is 1.78. The smallest absolute Gasteiger partial charge is 0.324 e. The fourth-order valence-electron chi connectivity index (χ4n) is 5.20. The molecule has 0 saturated carbocycles. The van der Waals surface area contributed by atoms with Gasteiger partial charge in [-0.25, -0.2) is 10.9 Å². The number of benzene rings is 1. The summed E-state index contributed by atoms with van der Waals surface area (Å²) in [7, 11) is 1.40. The number of rotatable bonds is 2. The zero-order chi connectivity index (χ0) is 19.4. The van der Waals surface area contributed by atoms with E-state index in [2.05, 4.69) is 36.9 Å². The minimum Gasteiger partial charge on any atom is -0.468 e. The van der Waals surface area contributed by atoms with E-state index in [-0.39, 0.29) is 29.3 Å². The van der Waals surface area contributed by atoms with Crippen molar-refractivity contribution < 1.29 is 14.3 Å². The van der Waals surface area contributed by atoms with Crippen LogP contribution in [0.5, 0.6) is 0 Å². The molecule has 0 radical (unpaired) electrons. The number of Topliss-reactive ketones (excluding diaryl/α,β-unsaturated/α-hetero) is 1. The number of nitrogens with one attached hydrogen (secondary N) is 3. The molecule has 4 rings (SSSR count). The summed E-state index contributed by atoms with van der Waals surface area (Å²) in [6, 6.07) is 9.49. The maximum absolute atomic E-state index is 13.3. The van der Waals surface area contributed by atoms with Crippen molar-refractivity contribution in [2.45, 2.75) is 51.2 Å². The van der Waals surface area contributed by atoms with E-state index >= 15 is 0 Å². The molecule has 6 heteroatoms. The molecule has 4 unspecified atom stereocenters. The van der Waals surface area contributed by atoms with Gasteiger partial charge in [0.05, 0.1) is 13.3 Å². The van der Waals surface area contributed by atoms with E-state index < -0.39 is 11.5 Å². The normalized spacial score (nSPS) is 34.5. The lowest BCUT2D eigenvalue weighted by molar-refractivity contribution is -0.144. The molecular weight excluding hydrogens is 342 g/mol. The molecule has 1 aromatic carbocycles. The van der Waals surface area contributed by atoms with Crippen molar-refractivity contribution in [2.75, 3.05) is 7.11 Å². The van der Waals surface area contributed by atoms with Crippen molar-refractivity contribution >= 4 is 11.8 Å². The molecule has 0 amide bonds. The molecule has 1 aliphatic carbocycles. The molecule has 2 aliphatic heterocycles. The van der Waals surface area contributed by atoms with E-state index in [4.69, 9.17) is 4.74 Å². The molecule has 27 heavy (non-hydrogen) atoms. The third-order valence-corrected chi connectivity index (χ3v) is 6.33. The molecule has 1 saturated heterocycles. The Morgan fingerprint density at radius 1 is 1.11 bits per heavy atom. The molecule has 1 aromatic rings. The van der Waals surface area contributed by atoms with E-state index in [1.165, 1.54) is 7.11 Å². The van der Waals surface area contributed by atoms with Gasteiger partial charge in [-0.2, -0.15) is 0 Å². The number of ketones is 1. The monoisotopic (exact) mass is 369 g/mol. The van der Waals surface area contributed by atoms with E-state index in [9.17, 15) is 9.59 Å². The molecule has 3 N–H and O–H groups in total. The Kier molecular flexibility index (Phi) is 4.16. The second-order valence-electron chi connectivity index (χ2n) is 8.80. The third-order valence-electron chi connectivity index (χ3n) is 6.33. The lowest BCUT2D eigenvalue weighted by Crippen LogP contribution is -2.59. The number of carbonyl (C=O) groups is 2. The highest BCUT2D eigenvalue weighted by molar-refractivity contribution is 6.00. The van der Waals surface area contributed by atoms with Crippen molar-refractivity contribution in [1.82, 2.24) is 16.2 Å². The van der Waals surface area contributed by atoms with E-state index in [1.807, 2.05) is 30.3 Å². The standard InChI is InChI=1S/C21H27N3O3/c1-20(2)10-13-15(14(25)11-20)21(3,12-8-6-5-7-9-12)16-17(19(26)27-4)23-24-18(16)22-13/h5-9,16-18,22-24H,10-11H2,1-4H3. The van der Waals surface area contributed by atoms with Crippen LogP contribution < -0.4 is 16.2 Å². The number of fused-ring (bicyclic) bond motifs is 1. The fourth-order valence-corrected chi connectivity index (χ4v) is 5.20. The highest BCUT2D eigenvalue weighted by Crippen LogP contribution is 2.52. The zero-order valence-corrected chi connectivity index (χ0v) is 16.3. The largest absolute Gasteiger partial charge is 0.468 e. The topological polar surface area (TPSA) is 79.5 Å². The van der Waals surface area contributed by atoms with Crippen molar-refractivity contribution in [3.8, 4) is 0 Å². The van der Waals surface area contributed by atoms with Crippen LogP contribution in [0.3, 0.4) is 0 Å². The van der Waals surface area contributed by atoms with E-state index in [0.29, 0.717) is 6.42 Å². The van der Waals surface area contributed by atoms with Gasteiger partial charge in [0.15, 0.2) is 5.78 Å². The van der Waals surface area contributed by atoms with Gasteiger partial charge in [-0.3, -0.25) is 9.59 Å². The molecule has 1 fully saturated rings. The molecule has 0 spiro atoms. The first-order valence-electron chi connectivity index (χ1n) is 9.46. The van der Waals surface area contributed by atoms with Crippen molar-refractivity contribution in [1.29, 1.82) is 0 Å². The number of allylic oxidation sites excluding steroid dienone is 2. The SMILES string of the molecule is COC(=O)C1NNC2NC3=C(C(=O)CC(C)(C)C3)C(C)(c3ccccc3)C21. The summed E-state index contributed by atoms with van der Waals surface area (Å²) in [6.45, 7) is 6.34. The van der Waals surface area contributed by atoms with Gasteiger partial charge in [0, 0.05) is 29.0 Å². The molecular formula is C21H27N3O3. The van der Waals surface area contributed by atoms with Crippen LogP contribution in [0.2, 0.25) is 0 Å². The van der Waals surface area contributed by atoms with Gasteiger partial charge in [0.2, 0.25) is 0 Å². The van der Waals surface area contributed by atoms with Gasteiger partial charge in [-0.1, -0.05) is 51.1 Å². The van der Waals surface area contributed by atoms with Gasteiger partial charge in [0.25, 0.3) is 0 Å². The Bertz CT molecular complexity index is 817. The van der Waals surface area contributed by atoms with Gasteiger partial charge >= 0.3 is 5.97 Å². The van der Waals surface area contributed by atoms with Crippen molar-refractivity contribution in [2.24, 2.45) is 11.3 Å². The van der Waals surface area contributed by atoms with Crippen LogP contribution >= 0.6 is 0 Å². The predicted molar refractivity (Wildman–Crippen MR) is 101 cm³/mol. The number of hydrogen-bond acceptors (Lipinski definition) is 6. The van der Waals surface area contributed by atoms with Crippen LogP contribution in [-0.2, 0) is 19.7 Å². The summed E-state index contributed by atoms with van der Waals surface area (Å²) < 4.78 is 5.04. The van der Waals surface area contributed by atoms with Gasteiger partial charge in [0.1, 0.15) is 6.04 Å². The second kappa shape index (κ2) is 6.17. The summed E-state index contributed by atoms with van der Waals surface area (Å²) in [5, 5.41) is 3.51. The number of hydrazine groups is 1. The Morgan fingerprint density at radius 2 is 1.81 bits per heavy atom. The Hall–Kier alpha value is -2.18. The zero-order valence-electron chi connectivity index (χ0n) is 16.3. The molecule has 3 aliphatic rings. The first-order chi connectivity index (χ1) is 12.8. The average Bonchev–Trinajstić information content (AvgIpc) is 3.05. The molecule has 4 atom stereocenters. The van der Waals surface area contributed by atoms with E-state index in [1.54, 1.807) is 0 Å². The lowest BCUT2D eigenvalue weighted by atomic mass is 9.57. The van der Waals surface area contributed by atoms with Crippen LogP contribution in [0.25, 0.3) is 0 Å². The van der Waals surface area contributed by atoms with Crippen LogP contribution in [0.4, 0.5) is 0 Å². The highest BCUT2D eigenvalue weighted by atomic mass is 16.5. The summed E-state index contributed by atoms with van der Waals surface area (Å²) in [4.78, 5) is 25.8. The van der Waals surface area contributed by atoms with Crippen LogP contribution in [0, 0.1) is 11.3 Å². The number of hydrogen-bond donors (Lipinski definition) is 3. The first-order valence-corrected chi connectivity index (χ1v) is 9.46. The summed E-state index contributed by atoms with van der Waals surface area (Å²) in [5.74, 6) is -0.364.